The Labute approximate surface area is 104 Å². The minimum Gasteiger partial charge on any atom is -0.261 e. The van der Waals surface area contributed by atoms with Gasteiger partial charge >= 0.3 is 0 Å². The summed E-state index contributed by atoms with van der Waals surface area (Å²) in [6, 6.07) is 9.09. The molecule has 0 aromatic carbocycles. The Bertz CT molecular complexity index is 525. The van der Waals surface area contributed by atoms with Crippen LogP contribution < -0.4 is 5.43 Å². The minimum atomic E-state index is 0.604. The van der Waals surface area contributed by atoms with Gasteiger partial charge in [-0.25, -0.2) is 4.98 Å². The van der Waals surface area contributed by atoms with Crippen molar-refractivity contribution in [3.63, 3.8) is 0 Å². The number of aromatic nitrogens is 2. The third kappa shape index (κ3) is 3.26. The molecule has 2 aromatic rings. The molecule has 0 saturated heterocycles. The van der Waals surface area contributed by atoms with Crippen LogP contribution in [0, 0.1) is 0 Å². The first kappa shape index (κ1) is 11.5. The SMILES string of the molecule is C/C(=N\Nc1cc(Cl)ccn1)c1ccccn1. The van der Waals surface area contributed by atoms with Gasteiger partial charge in [0.1, 0.15) is 5.82 Å². The van der Waals surface area contributed by atoms with Crippen LogP contribution in [-0.2, 0) is 0 Å². The average molecular weight is 247 g/mol. The van der Waals surface area contributed by atoms with E-state index in [-0.39, 0.29) is 0 Å². The van der Waals surface area contributed by atoms with Gasteiger partial charge in [0.05, 0.1) is 11.4 Å². The van der Waals surface area contributed by atoms with Crippen molar-refractivity contribution in [2.75, 3.05) is 5.43 Å². The number of nitrogens with one attached hydrogen (secondary N) is 1. The van der Waals surface area contributed by atoms with Crippen molar-refractivity contribution in [2.24, 2.45) is 5.10 Å². The Morgan fingerprint density at radius 2 is 2.12 bits per heavy atom. The van der Waals surface area contributed by atoms with Gasteiger partial charge in [-0.2, -0.15) is 5.10 Å². The zero-order valence-electron chi connectivity index (χ0n) is 9.26. The lowest BCUT2D eigenvalue weighted by atomic mass is 10.3. The van der Waals surface area contributed by atoms with Crippen molar-refractivity contribution in [3.8, 4) is 0 Å². The van der Waals surface area contributed by atoms with Gasteiger partial charge < -0.3 is 0 Å². The van der Waals surface area contributed by atoms with Gasteiger partial charge in [0, 0.05) is 23.5 Å². The molecule has 0 radical (unpaired) electrons. The maximum atomic E-state index is 5.84. The summed E-state index contributed by atoms with van der Waals surface area (Å²) in [7, 11) is 0. The lowest BCUT2D eigenvalue weighted by molar-refractivity contribution is 1.20. The molecule has 0 amide bonds. The van der Waals surface area contributed by atoms with Crippen LogP contribution in [-0.4, -0.2) is 15.7 Å². The molecule has 0 saturated carbocycles. The Balaban J connectivity index is 2.11. The Hall–Kier alpha value is -1.94. The Morgan fingerprint density at radius 3 is 2.82 bits per heavy atom. The monoisotopic (exact) mass is 246 g/mol. The molecule has 0 bridgehead atoms. The number of anilines is 1. The van der Waals surface area contributed by atoms with Crippen LogP contribution in [0.15, 0.2) is 47.8 Å². The predicted molar refractivity (Wildman–Crippen MR) is 69.3 cm³/mol. The first-order valence-electron chi connectivity index (χ1n) is 5.09. The van der Waals surface area contributed by atoms with E-state index >= 15 is 0 Å². The standard InChI is InChI=1S/C12H11ClN4/c1-9(11-4-2-3-6-14-11)16-17-12-8-10(13)5-7-15-12/h2-8H,1H3,(H,15,17)/b16-9+. The van der Waals surface area contributed by atoms with Crippen LogP contribution in [0.3, 0.4) is 0 Å². The molecule has 2 heterocycles. The summed E-state index contributed by atoms with van der Waals surface area (Å²) in [4.78, 5) is 8.27. The van der Waals surface area contributed by atoms with E-state index in [1.54, 1.807) is 24.5 Å². The molecule has 2 aromatic heterocycles. The van der Waals surface area contributed by atoms with Gasteiger partial charge in [0.25, 0.3) is 0 Å². The van der Waals surface area contributed by atoms with E-state index in [9.17, 15) is 0 Å². The highest BCUT2D eigenvalue weighted by atomic mass is 35.5. The second kappa shape index (κ2) is 5.41. The van der Waals surface area contributed by atoms with Crippen molar-refractivity contribution in [3.05, 3.63) is 53.4 Å². The molecule has 0 atom stereocenters. The molecule has 0 aliphatic heterocycles. The largest absolute Gasteiger partial charge is 0.261 e. The fraction of sp³-hybridized carbons (Fsp3) is 0.0833. The van der Waals surface area contributed by atoms with E-state index in [1.807, 2.05) is 25.1 Å². The van der Waals surface area contributed by atoms with Gasteiger partial charge in [-0.15, -0.1) is 0 Å². The first-order chi connectivity index (χ1) is 8.25. The van der Waals surface area contributed by atoms with E-state index in [0.717, 1.165) is 11.4 Å². The quantitative estimate of drug-likeness (QED) is 0.669. The molecule has 0 aliphatic rings. The fourth-order valence-corrected chi connectivity index (χ4v) is 1.40. The highest BCUT2D eigenvalue weighted by Gasteiger charge is 1.98. The summed E-state index contributed by atoms with van der Waals surface area (Å²) in [5, 5.41) is 4.81. The summed E-state index contributed by atoms with van der Waals surface area (Å²) < 4.78 is 0. The molecule has 1 N–H and O–H groups in total. The number of rotatable bonds is 3. The molecular formula is C12H11ClN4. The van der Waals surface area contributed by atoms with Gasteiger partial charge in [0.15, 0.2) is 0 Å². The smallest absolute Gasteiger partial charge is 0.147 e. The van der Waals surface area contributed by atoms with E-state index in [1.165, 1.54) is 0 Å². The molecular weight excluding hydrogens is 236 g/mol. The average Bonchev–Trinajstić information content (AvgIpc) is 2.37. The second-order valence-corrected chi connectivity index (χ2v) is 3.82. The van der Waals surface area contributed by atoms with Gasteiger partial charge in [-0.05, 0) is 25.1 Å². The number of hydrogen-bond acceptors (Lipinski definition) is 4. The predicted octanol–water partition coefficient (Wildman–Crippen LogP) is 2.97. The van der Waals surface area contributed by atoms with Crippen molar-refractivity contribution in [2.45, 2.75) is 6.92 Å². The molecule has 17 heavy (non-hydrogen) atoms. The molecule has 5 heteroatoms. The minimum absolute atomic E-state index is 0.604. The first-order valence-corrected chi connectivity index (χ1v) is 5.47. The van der Waals surface area contributed by atoms with E-state index in [0.29, 0.717) is 10.8 Å². The molecule has 4 nitrogen and oxygen atoms in total. The third-order valence-electron chi connectivity index (χ3n) is 2.10. The molecule has 0 unspecified atom stereocenters. The molecule has 2 rings (SSSR count). The Kier molecular flexibility index (Phi) is 3.67. The van der Waals surface area contributed by atoms with Crippen LogP contribution in [0.4, 0.5) is 5.82 Å². The van der Waals surface area contributed by atoms with Gasteiger partial charge in [-0.3, -0.25) is 10.4 Å². The number of halogens is 1. The van der Waals surface area contributed by atoms with Gasteiger partial charge in [-0.1, -0.05) is 17.7 Å². The van der Waals surface area contributed by atoms with Crippen molar-refractivity contribution >= 4 is 23.1 Å². The van der Waals surface area contributed by atoms with E-state index in [4.69, 9.17) is 11.6 Å². The van der Waals surface area contributed by atoms with Crippen LogP contribution in [0.2, 0.25) is 5.02 Å². The molecule has 0 aliphatic carbocycles. The lowest BCUT2D eigenvalue weighted by Gasteiger charge is -2.02. The maximum Gasteiger partial charge on any atom is 0.147 e. The van der Waals surface area contributed by atoms with E-state index < -0.39 is 0 Å². The van der Waals surface area contributed by atoms with E-state index in [2.05, 4.69) is 20.5 Å². The van der Waals surface area contributed by atoms with Crippen LogP contribution >= 0.6 is 11.6 Å². The zero-order valence-corrected chi connectivity index (χ0v) is 10.0. The third-order valence-corrected chi connectivity index (χ3v) is 2.33. The number of hydrazone groups is 1. The topological polar surface area (TPSA) is 50.2 Å². The number of nitrogens with zero attached hydrogens (tertiary/aromatic N) is 3. The van der Waals surface area contributed by atoms with Gasteiger partial charge in [0.2, 0.25) is 0 Å². The molecule has 0 spiro atoms. The highest BCUT2D eigenvalue weighted by Crippen LogP contribution is 2.11. The normalized spacial score (nSPS) is 11.3. The zero-order chi connectivity index (χ0) is 12.1. The number of pyridine rings is 2. The van der Waals surface area contributed by atoms with Crippen LogP contribution in [0.1, 0.15) is 12.6 Å². The fourth-order valence-electron chi connectivity index (χ4n) is 1.24. The van der Waals surface area contributed by atoms with Crippen molar-refractivity contribution < 1.29 is 0 Å². The summed E-state index contributed by atoms with van der Waals surface area (Å²) >= 11 is 5.84. The summed E-state index contributed by atoms with van der Waals surface area (Å²) in [5.74, 6) is 0.604. The summed E-state index contributed by atoms with van der Waals surface area (Å²) in [6.07, 6.45) is 3.35. The molecule has 0 fully saturated rings. The molecule has 86 valence electrons. The van der Waals surface area contributed by atoms with Crippen molar-refractivity contribution in [1.82, 2.24) is 9.97 Å². The Morgan fingerprint density at radius 1 is 1.24 bits per heavy atom. The number of hydrogen-bond donors (Lipinski definition) is 1. The maximum absolute atomic E-state index is 5.84. The summed E-state index contributed by atoms with van der Waals surface area (Å²) in [5.41, 5.74) is 4.44. The lowest BCUT2D eigenvalue weighted by Crippen LogP contribution is -2.02. The summed E-state index contributed by atoms with van der Waals surface area (Å²) in [6.45, 7) is 1.87. The van der Waals surface area contributed by atoms with Crippen molar-refractivity contribution in [1.29, 1.82) is 0 Å². The van der Waals surface area contributed by atoms with Crippen LogP contribution in [0.25, 0.3) is 0 Å². The second-order valence-electron chi connectivity index (χ2n) is 3.38. The highest BCUT2D eigenvalue weighted by molar-refractivity contribution is 6.30. The van der Waals surface area contributed by atoms with Crippen LogP contribution in [0.5, 0.6) is 0 Å².